The molecule has 2 atom stereocenters. The SMILES string of the molecule is Cc1noc(C2CCN(c3cc(N[C@@H]4CCCO[C@H]4C(C)C)ncn3)CC2)n1. The number of hydrogen-bond donors (Lipinski definition) is 1. The molecule has 4 heterocycles. The van der Waals surface area contributed by atoms with Crippen LogP contribution in [-0.4, -0.2) is 52.0 Å². The van der Waals surface area contributed by atoms with Crippen molar-refractivity contribution >= 4 is 11.6 Å². The smallest absolute Gasteiger partial charge is 0.229 e. The van der Waals surface area contributed by atoms with E-state index in [1.807, 2.05) is 6.92 Å². The molecule has 2 aliphatic rings. The van der Waals surface area contributed by atoms with Crippen LogP contribution in [0.4, 0.5) is 11.6 Å². The summed E-state index contributed by atoms with van der Waals surface area (Å²) < 4.78 is 11.3. The van der Waals surface area contributed by atoms with Gasteiger partial charge in [-0.2, -0.15) is 4.98 Å². The van der Waals surface area contributed by atoms with E-state index < -0.39 is 0 Å². The molecule has 152 valence electrons. The largest absolute Gasteiger partial charge is 0.376 e. The lowest BCUT2D eigenvalue weighted by atomic mass is 9.93. The second-order valence-electron chi connectivity index (χ2n) is 8.18. The number of rotatable bonds is 5. The van der Waals surface area contributed by atoms with Gasteiger partial charge in [0.15, 0.2) is 5.82 Å². The van der Waals surface area contributed by atoms with Crippen molar-refractivity contribution in [3.05, 3.63) is 24.1 Å². The number of aromatic nitrogens is 4. The number of ether oxygens (including phenoxy) is 1. The lowest BCUT2D eigenvalue weighted by molar-refractivity contribution is -0.0203. The third kappa shape index (κ3) is 4.27. The number of hydrogen-bond acceptors (Lipinski definition) is 8. The highest BCUT2D eigenvalue weighted by Crippen LogP contribution is 2.30. The number of piperidine rings is 1. The van der Waals surface area contributed by atoms with E-state index in [2.05, 4.69) is 50.2 Å². The van der Waals surface area contributed by atoms with Crippen molar-refractivity contribution in [2.24, 2.45) is 5.92 Å². The van der Waals surface area contributed by atoms with Crippen molar-refractivity contribution in [1.29, 1.82) is 0 Å². The molecule has 0 unspecified atom stereocenters. The topological polar surface area (TPSA) is 89.2 Å². The first kappa shape index (κ1) is 19.1. The van der Waals surface area contributed by atoms with Crippen LogP contribution in [0.15, 0.2) is 16.9 Å². The van der Waals surface area contributed by atoms with E-state index in [-0.39, 0.29) is 6.10 Å². The molecule has 2 fully saturated rings. The van der Waals surface area contributed by atoms with E-state index >= 15 is 0 Å². The summed E-state index contributed by atoms with van der Waals surface area (Å²) in [6.07, 6.45) is 6.04. The number of nitrogens with one attached hydrogen (secondary N) is 1. The Morgan fingerprint density at radius 3 is 2.71 bits per heavy atom. The quantitative estimate of drug-likeness (QED) is 0.838. The zero-order valence-corrected chi connectivity index (χ0v) is 17.0. The molecule has 28 heavy (non-hydrogen) atoms. The molecule has 0 bridgehead atoms. The molecule has 2 aromatic rings. The number of nitrogens with zero attached hydrogens (tertiary/aromatic N) is 5. The van der Waals surface area contributed by atoms with Crippen LogP contribution in [0.25, 0.3) is 0 Å². The second kappa shape index (κ2) is 8.43. The summed E-state index contributed by atoms with van der Waals surface area (Å²) in [6, 6.07) is 2.35. The summed E-state index contributed by atoms with van der Waals surface area (Å²) in [6.45, 7) is 8.98. The zero-order chi connectivity index (χ0) is 19.5. The molecular weight excluding hydrogens is 356 g/mol. The summed E-state index contributed by atoms with van der Waals surface area (Å²) in [5, 5.41) is 7.51. The van der Waals surface area contributed by atoms with E-state index in [9.17, 15) is 0 Å². The van der Waals surface area contributed by atoms with Gasteiger partial charge in [0.05, 0.1) is 12.1 Å². The maximum Gasteiger partial charge on any atom is 0.229 e. The van der Waals surface area contributed by atoms with Gasteiger partial charge in [-0.15, -0.1) is 0 Å². The highest BCUT2D eigenvalue weighted by Gasteiger charge is 2.29. The molecule has 0 aliphatic carbocycles. The van der Waals surface area contributed by atoms with Crippen LogP contribution >= 0.6 is 0 Å². The summed E-state index contributed by atoms with van der Waals surface area (Å²) in [7, 11) is 0. The van der Waals surface area contributed by atoms with Crippen molar-refractivity contribution in [2.75, 3.05) is 29.9 Å². The van der Waals surface area contributed by atoms with Gasteiger partial charge in [-0.25, -0.2) is 9.97 Å². The minimum absolute atomic E-state index is 0.223. The maximum absolute atomic E-state index is 5.99. The van der Waals surface area contributed by atoms with Crippen LogP contribution in [0.2, 0.25) is 0 Å². The van der Waals surface area contributed by atoms with Crippen LogP contribution in [0.1, 0.15) is 57.2 Å². The highest BCUT2D eigenvalue weighted by atomic mass is 16.5. The fraction of sp³-hybridized carbons (Fsp3) is 0.700. The third-order valence-corrected chi connectivity index (χ3v) is 5.72. The van der Waals surface area contributed by atoms with E-state index in [1.165, 1.54) is 0 Å². The van der Waals surface area contributed by atoms with Crippen LogP contribution in [0.5, 0.6) is 0 Å². The Morgan fingerprint density at radius 2 is 2.00 bits per heavy atom. The Hall–Kier alpha value is -2.22. The molecule has 2 saturated heterocycles. The van der Waals surface area contributed by atoms with E-state index in [0.29, 0.717) is 23.7 Å². The van der Waals surface area contributed by atoms with Crippen LogP contribution in [-0.2, 0) is 4.74 Å². The zero-order valence-electron chi connectivity index (χ0n) is 17.0. The first-order chi connectivity index (χ1) is 13.6. The molecule has 8 nitrogen and oxygen atoms in total. The molecule has 0 amide bonds. The van der Waals surface area contributed by atoms with Crippen molar-refractivity contribution in [1.82, 2.24) is 20.1 Å². The van der Waals surface area contributed by atoms with Crippen LogP contribution in [0, 0.1) is 12.8 Å². The van der Waals surface area contributed by atoms with Gasteiger partial charge in [0, 0.05) is 31.7 Å². The van der Waals surface area contributed by atoms with Gasteiger partial charge in [-0.05, 0) is 38.5 Å². The Balaban J connectivity index is 1.39. The van der Waals surface area contributed by atoms with E-state index in [1.54, 1.807) is 6.33 Å². The molecular formula is C20H30N6O2. The lowest BCUT2D eigenvalue weighted by Crippen LogP contribution is -2.43. The molecule has 1 N–H and O–H groups in total. The molecule has 0 saturated carbocycles. The standard InChI is InChI=1S/C20H30N6O2/c1-13(2)19-16(5-4-10-27-19)24-17-11-18(22-12-21-17)26-8-6-15(7-9-26)20-23-14(3)25-28-20/h11-13,15-16,19H,4-10H2,1-3H3,(H,21,22,24)/t16-,19+/m1/s1. The minimum atomic E-state index is 0.223. The predicted molar refractivity (Wildman–Crippen MR) is 106 cm³/mol. The van der Waals surface area contributed by atoms with E-state index in [0.717, 1.165) is 62.9 Å². The average Bonchev–Trinajstić information content (AvgIpc) is 3.15. The fourth-order valence-electron chi connectivity index (χ4n) is 4.24. The van der Waals surface area contributed by atoms with Crippen LogP contribution < -0.4 is 10.2 Å². The highest BCUT2D eigenvalue weighted by molar-refractivity contribution is 5.49. The molecule has 2 aliphatic heterocycles. The van der Waals surface area contributed by atoms with Crippen molar-refractivity contribution < 1.29 is 9.26 Å². The normalized spacial score (nSPS) is 23.9. The molecule has 0 aromatic carbocycles. The lowest BCUT2D eigenvalue weighted by Gasteiger charge is -2.35. The van der Waals surface area contributed by atoms with Crippen molar-refractivity contribution in [2.45, 2.75) is 64.5 Å². The van der Waals surface area contributed by atoms with Gasteiger partial charge < -0.3 is 19.5 Å². The first-order valence-electron chi connectivity index (χ1n) is 10.4. The monoisotopic (exact) mass is 386 g/mol. The molecule has 2 aromatic heterocycles. The van der Waals surface area contributed by atoms with Gasteiger partial charge in [0.25, 0.3) is 0 Å². The maximum atomic E-state index is 5.99. The van der Waals surface area contributed by atoms with Crippen molar-refractivity contribution in [3.63, 3.8) is 0 Å². The summed E-state index contributed by atoms with van der Waals surface area (Å²) in [4.78, 5) is 15.7. The fourth-order valence-corrected chi connectivity index (χ4v) is 4.24. The molecule has 0 radical (unpaired) electrons. The first-order valence-corrected chi connectivity index (χ1v) is 10.4. The number of aryl methyl sites for hydroxylation is 1. The third-order valence-electron chi connectivity index (χ3n) is 5.72. The molecule has 0 spiro atoms. The van der Waals surface area contributed by atoms with Gasteiger partial charge in [-0.3, -0.25) is 0 Å². The molecule has 8 heteroatoms. The van der Waals surface area contributed by atoms with Gasteiger partial charge in [-0.1, -0.05) is 19.0 Å². The predicted octanol–water partition coefficient (Wildman–Crippen LogP) is 3.17. The van der Waals surface area contributed by atoms with Gasteiger partial charge in [0.1, 0.15) is 18.0 Å². The Morgan fingerprint density at radius 1 is 1.18 bits per heavy atom. The van der Waals surface area contributed by atoms with Crippen molar-refractivity contribution in [3.8, 4) is 0 Å². The Labute approximate surface area is 166 Å². The van der Waals surface area contributed by atoms with E-state index in [4.69, 9.17) is 9.26 Å². The van der Waals surface area contributed by atoms with Crippen LogP contribution in [0.3, 0.4) is 0 Å². The van der Waals surface area contributed by atoms with Gasteiger partial charge >= 0.3 is 0 Å². The Kier molecular flexibility index (Phi) is 5.75. The Bertz CT molecular complexity index is 772. The molecule has 4 rings (SSSR count). The minimum Gasteiger partial charge on any atom is -0.376 e. The summed E-state index contributed by atoms with van der Waals surface area (Å²) >= 11 is 0. The van der Waals surface area contributed by atoms with Gasteiger partial charge in [0.2, 0.25) is 5.89 Å². The summed E-state index contributed by atoms with van der Waals surface area (Å²) in [5.74, 6) is 4.13. The number of anilines is 2. The summed E-state index contributed by atoms with van der Waals surface area (Å²) in [5.41, 5.74) is 0. The average molecular weight is 387 g/mol. The second-order valence-corrected chi connectivity index (χ2v) is 8.18.